The quantitative estimate of drug-likeness (QED) is 0.870. The lowest BCUT2D eigenvalue weighted by molar-refractivity contribution is 0.0782. The molecule has 25 heavy (non-hydrogen) atoms. The maximum Gasteiger partial charge on any atom is 0.253 e. The summed E-state index contributed by atoms with van der Waals surface area (Å²) in [4.78, 5) is 29.0. The van der Waals surface area contributed by atoms with Gasteiger partial charge in [-0.2, -0.15) is 0 Å². The summed E-state index contributed by atoms with van der Waals surface area (Å²) >= 11 is 0. The van der Waals surface area contributed by atoms with Crippen molar-refractivity contribution < 1.29 is 14.7 Å². The number of benzene rings is 2. The predicted molar refractivity (Wildman–Crippen MR) is 96.0 cm³/mol. The molecule has 1 aliphatic rings. The van der Waals surface area contributed by atoms with Crippen molar-refractivity contribution in [2.45, 2.75) is 12.5 Å². The minimum Gasteiger partial charge on any atom is -0.508 e. The van der Waals surface area contributed by atoms with Crippen LogP contribution in [-0.2, 0) is 0 Å². The van der Waals surface area contributed by atoms with Crippen LogP contribution in [0, 0.1) is 0 Å². The van der Waals surface area contributed by atoms with Gasteiger partial charge in [-0.15, -0.1) is 0 Å². The number of amides is 1. The van der Waals surface area contributed by atoms with E-state index in [-0.39, 0.29) is 17.4 Å². The Balaban J connectivity index is 1.72. The van der Waals surface area contributed by atoms with Gasteiger partial charge in [0.25, 0.3) is 5.91 Å². The number of likely N-dealkylation sites (N-methyl/N-ethyl adjacent to an activating group) is 1. The Bertz CT molecular complexity index is 784. The van der Waals surface area contributed by atoms with Crippen LogP contribution < -0.4 is 0 Å². The molecule has 0 bridgehead atoms. The molecular formula is C20H22N2O3. The van der Waals surface area contributed by atoms with Gasteiger partial charge in [0.05, 0.1) is 0 Å². The first-order valence-electron chi connectivity index (χ1n) is 8.35. The van der Waals surface area contributed by atoms with Crippen LogP contribution in [0.2, 0.25) is 0 Å². The summed E-state index contributed by atoms with van der Waals surface area (Å²) in [7, 11) is 4.06. The van der Waals surface area contributed by atoms with E-state index in [0.29, 0.717) is 22.7 Å². The van der Waals surface area contributed by atoms with Gasteiger partial charge in [0.15, 0.2) is 5.78 Å². The lowest BCUT2D eigenvalue weighted by Gasteiger charge is -2.20. The van der Waals surface area contributed by atoms with Crippen molar-refractivity contribution >= 4 is 11.7 Å². The first-order valence-corrected chi connectivity index (χ1v) is 8.35. The monoisotopic (exact) mass is 338 g/mol. The van der Waals surface area contributed by atoms with E-state index in [9.17, 15) is 14.7 Å². The van der Waals surface area contributed by atoms with Crippen LogP contribution in [0.3, 0.4) is 0 Å². The molecule has 2 aromatic carbocycles. The average Bonchev–Trinajstić information content (AvgIpc) is 3.11. The Morgan fingerprint density at radius 1 is 1.04 bits per heavy atom. The van der Waals surface area contributed by atoms with Gasteiger partial charge in [0, 0.05) is 35.8 Å². The molecule has 0 aromatic heterocycles. The van der Waals surface area contributed by atoms with Gasteiger partial charge >= 0.3 is 0 Å². The second kappa shape index (κ2) is 7.07. The van der Waals surface area contributed by atoms with E-state index in [4.69, 9.17) is 0 Å². The number of phenolic OH excluding ortho intramolecular Hbond substituents is 1. The maximum atomic E-state index is 12.6. The molecule has 1 aliphatic heterocycles. The normalized spacial score (nSPS) is 17.1. The van der Waals surface area contributed by atoms with Crippen molar-refractivity contribution in [2.75, 3.05) is 27.2 Å². The fourth-order valence-corrected chi connectivity index (χ4v) is 3.11. The Morgan fingerprint density at radius 2 is 1.72 bits per heavy atom. The van der Waals surface area contributed by atoms with Crippen LogP contribution in [-0.4, -0.2) is 59.8 Å². The van der Waals surface area contributed by atoms with Gasteiger partial charge in [-0.1, -0.05) is 24.3 Å². The fourth-order valence-electron chi connectivity index (χ4n) is 3.11. The number of likely N-dealkylation sites (tertiary alicyclic amines) is 1. The molecule has 5 nitrogen and oxygen atoms in total. The highest BCUT2D eigenvalue weighted by Gasteiger charge is 2.28. The number of aromatic hydroxyl groups is 1. The highest BCUT2D eigenvalue weighted by molar-refractivity contribution is 6.09. The Hall–Kier alpha value is -2.66. The van der Waals surface area contributed by atoms with E-state index >= 15 is 0 Å². The van der Waals surface area contributed by atoms with E-state index in [1.54, 1.807) is 36.4 Å². The van der Waals surface area contributed by atoms with Gasteiger partial charge in [-0.05, 0) is 44.8 Å². The highest BCUT2D eigenvalue weighted by atomic mass is 16.3. The van der Waals surface area contributed by atoms with Crippen LogP contribution in [0.25, 0.3) is 0 Å². The third-order valence-corrected chi connectivity index (χ3v) is 4.68. The zero-order valence-corrected chi connectivity index (χ0v) is 14.5. The lowest BCUT2D eigenvalue weighted by Crippen LogP contribution is -2.34. The number of hydrogen-bond donors (Lipinski definition) is 1. The van der Waals surface area contributed by atoms with Crippen LogP contribution in [0.15, 0.2) is 48.5 Å². The number of phenols is 1. The number of carbonyl (C=O) groups excluding carboxylic acids is 2. The number of hydrogen-bond acceptors (Lipinski definition) is 4. The van der Waals surface area contributed by atoms with Crippen LogP contribution >= 0.6 is 0 Å². The predicted octanol–water partition coefficient (Wildman–Crippen LogP) is 2.40. The van der Waals surface area contributed by atoms with Crippen molar-refractivity contribution in [3.63, 3.8) is 0 Å². The number of nitrogens with zero attached hydrogens (tertiary/aromatic N) is 2. The molecule has 0 aliphatic carbocycles. The largest absolute Gasteiger partial charge is 0.508 e. The molecule has 1 amide bonds. The standard InChI is InChI=1S/C20H22N2O3/c1-21(2)17-10-11-22(13-17)20(25)15-8-6-14(7-9-15)19(24)16-4-3-5-18(23)12-16/h3-9,12,17,23H,10-11,13H2,1-2H3. The molecule has 3 rings (SSSR count). The number of rotatable bonds is 4. The van der Waals surface area contributed by atoms with Crippen molar-refractivity contribution in [3.8, 4) is 5.75 Å². The van der Waals surface area contributed by atoms with E-state index in [1.807, 2.05) is 19.0 Å². The number of ketones is 1. The molecule has 1 atom stereocenters. The molecular weight excluding hydrogens is 316 g/mol. The molecule has 5 heteroatoms. The van der Waals surface area contributed by atoms with Crippen molar-refractivity contribution in [2.24, 2.45) is 0 Å². The van der Waals surface area contributed by atoms with Crippen LogP contribution in [0.5, 0.6) is 5.75 Å². The van der Waals surface area contributed by atoms with E-state index in [2.05, 4.69) is 4.90 Å². The Labute approximate surface area is 147 Å². The molecule has 0 spiro atoms. The summed E-state index contributed by atoms with van der Waals surface area (Å²) < 4.78 is 0. The molecule has 1 saturated heterocycles. The first kappa shape index (κ1) is 17.2. The molecule has 1 fully saturated rings. The fraction of sp³-hybridized carbons (Fsp3) is 0.300. The molecule has 2 aromatic rings. The second-order valence-electron chi connectivity index (χ2n) is 6.61. The smallest absolute Gasteiger partial charge is 0.253 e. The Kier molecular flexibility index (Phi) is 4.86. The average molecular weight is 338 g/mol. The summed E-state index contributed by atoms with van der Waals surface area (Å²) in [6.45, 7) is 1.49. The molecule has 1 heterocycles. The lowest BCUT2D eigenvalue weighted by atomic mass is 10.0. The Morgan fingerprint density at radius 3 is 2.32 bits per heavy atom. The SMILES string of the molecule is CN(C)C1CCN(C(=O)c2ccc(C(=O)c3cccc(O)c3)cc2)C1. The molecule has 0 saturated carbocycles. The molecule has 1 unspecified atom stereocenters. The van der Waals surface area contributed by atoms with Crippen LogP contribution in [0.4, 0.5) is 0 Å². The third-order valence-electron chi connectivity index (χ3n) is 4.68. The summed E-state index contributed by atoms with van der Waals surface area (Å²) in [5, 5.41) is 9.50. The van der Waals surface area contributed by atoms with Gasteiger partial charge < -0.3 is 14.9 Å². The van der Waals surface area contributed by atoms with Gasteiger partial charge in [-0.3, -0.25) is 9.59 Å². The van der Waals surface area contributed by atoms with E-state index < -0.39 is 0 Å². The second-order valence-corrected chi connectivity index (χ2v) is 6.61. The number of carbonyl (C=O) groups is 2. The minimum atomic E-state index is -0.177. The summed E-state index contributed by atoms with van der Waals surface area (Å²) in [6, 6.07) is 13.4. The van der Waals surface area contributed by atoms with Crippen molar-refractivity contribution in [3.05, 3.63) is 65.2 Å². The van der Waals surface area contributed by atoms with Crippen LogP contribution in [0.1, 0.15) is 32.7 Å². The molecule has 1 N–H and O–H groups in total. The molecule has 0 radical (unpaired) electrons. The van der Waals surface area contributed by atoms with E-state index in [0.717, 1.165) is 19.5 Å². The van der Waals surface area contributed by atoms with Gasteiger partial charge in [-0.25, -0.2) is 0 Å². The topological polar surface area (TPSA) is 60.9 Å². The zero-order chi connectivity index (χ0) is 18.0. The first-order chi connectivity index (χ1) is 12.0. The zero-order valence-electron chi connectivity index (χ0n) is 14.5. The van der Waals surface area contributed by atoms with Crippen molar-refractivity contribution in [1.82, 2.24) is 9.80 Å². The highest BCUT2D eigenvalue weighted by Crippen LogP contribution is 2.19. The van der Waals surface area contributed by atoms with Gasteiger partial charge in [0.1, 0.15) is 5.75 Å². The van der Waals surface area contributed by atoms with E-state index in [1.165, 1.54) is 12.1 Å². The van der Waals surface area contributed by atoms with Crippen molar-refractivity contribution in [1.29, 1.82) is 0 Å². The minimum absolute atomic E-state index is 0.000652. The third kappa shape index (κ3) is 3.72. The summed E-state index contributed by atoms with van der Waals surface area (Å²) in [6.07, 6.45) is 0.979. The summed E-state index contributed by atoms with van der Waals surface area (Å²) in [5.74, 6) is -0.119. The summed E-state index contributed by atoms with van der Waals surface area (Å²) in [5.41, 5.74) is 1.51. The molecule has 130 valence electrons. The van der Waals surface area contributed by atoms with Gasteiger partial charge in [0.2, 0.25) is 0 Å². The maximum absolute atomic E-state index is 12.6.